The highest BCUT2D eigenvalue weighted by atomic mass is 16.1. The van der Waals surface area contributed by atoms with E-state index in [-0.39, 0.29) is 5.56 Å². The Kier molecular flexibility index (Phi) is 5.71. The second kappa shape index (κ2) is 8.94. The molecule has 4 aromatic rings. The molecule has 0 fully saturated rings. The smallest absolute Gasteiger partial charge is 0.270 e. The number of benzene rings is 2. The Labute approximate surface area is 187 Å². The van der Waals surface area contributed by atoms with Crippen molar-refractivity contribution in [2.75, 3.05) is 0 Å². The highest BCUT2D eigenvalue weighted by Gasteiger charge is 2.21. The Bertz CT molecular complexity index is 1250. The quantitative estimate of drug-likeness (QED) is 0.478. The summed E-state index contributed by atoms with van der Waals surface area (Å²) >= 11 is 0. The van der Waals surface area contributed by atoms with Crippen LogP contribution in [0.25, 0.3) is 22.5 Å². The van der Waals surface area contributed by atoms with E-state index in [0.717, 1.165) is 73.0 Å². The zero-order valence-corrected chi connectivity index (χ0v) is 18.4. The first kappa shape index (κ1) is 20.4. The maximum atomic E-state index is 13.2. The fourth-order valence-corrected chi connectivity index (χ4v) is 4.71. The number of unbranched alkanes of at least 4 members (excludes halogenated alkanes) is 1. The lowest BCUT2D eigenvalue weighted by Gasteiger charge is -2.19. The minimum absolute atomic E-state index is 0.197. The van der Waals surface area contributed by atoms with Crippen LogP contribution in [-0.4, -0.2) is 30.0 Å². The predicted molar refractivity (Wildman–Crippen MR) is 124 cm³/mol. The molecule has 2 aromatic heterocycles. The molecule has 0 saturated carbocycles. The second-order valence-corrected chi connectivity index (χ2v) is 8.46. The number of fused-ring (bicyclic) bond motifs is 1. The van der Waals surface area contributed by atoms with E-state index in [1.807, 2.05) is 22.9 Å². The molecule has 2 aromatic carbocycles. The van der Waals surface area contributed by atoms with Crippen LogP contribution in [0.5, 0.6) is 0 Å². The average Bonchev–Trinajstić information content (AvgIpc) is 3.46. The van der Waals surface area contributed by atoms with E-state index in [4.69, 9.17) is 0 Å². The van der Waals surface area contributed by atoms with E-state index < -0.39 is 0 Å². The number of tetrazole rings is 1. The zero-order chi connectivity index (χ0) is 21.9. The minimum Gasteiger partial charge on any atom is -0.286 e. The summed E-state index contributed by atoms with van der Waals surface area (Å²) in [6.07, 6.45) is 6.15. The van der Waals surface area contributed by atoms with Crippen molar-refractivity contribution in [2.45, 2.75) is 58.5 Å². The largest absolute Gasteiger partial charge is 0.286 e. The molecule has 0 aliphatic carbocycles. The highest BCUT2D eigenvalue weighted by molar-refractivity contribution is 5.80. The molecule has 32 heavy (non-hydrogen) atoms. The first-order valence-corrected chi connectivity index (χ1v) is 11.5. The lowest BCUT2D eigenvalue weighted by atomic mass is 9.96. The fraction of sp³-hybridized carbons (Fsp3) is 0.360. The minimum atomic E-state index is 0.197. The molecule has 0 atom stereocenters. The second-order valence-electron chi connectivity index (χ2n) is 8.46. The number of hydrogen-bond donors (Lipinski definition) is 1. The highest BCUT2D eigenvalue weighted by Crippen LogP contribution is 2.30. The molecular formula is C25H28N6O. The van der Waals surface area contributed by atoms with E-state index >= 15 is 0 Å². The molecule has 0 spiro atoms. The van der Waals surface area contributed by atoms with Gasteiger partial charge in [-0.15, -0.1) is 5.10 Å². The Balaban J connectivity index is 1.46. The van der Waals surface area contributed by atoms with Crippen molar-refractivity contribution in [1.82, 2.24) is 30.0 Å². The van der Waals surface area contributed by atoms with Gasteiger partial charge >= 0.3 is 0 Å². The van der Waals surface area contributed by atoms with Gasteiger partial charge in [-0.2, -0.15) is 0 Å². The van der Waals surface area contributed by atoms with Crippen molar-refractivity contribution in [3.8, 4) is 22.5 Å². The molecule has 0 bridgehead atoms. The van der Waals surface area contributed by atoms with Crippen LogP contribution >= 0.6 is 0 Å². The molecule has 1 aliphatic rings. The lowest BCUT2D eigenvalue weighted by Crippen LogP contribution is -2.28. The van der Waals surface area contributed by atoms with Crippen molar-refractivity contribution in [2.24, 2.45) is 0 Å². The van der Waals surface area contributed by atoms with E-state index in [0.29, 0.717) is 12.2 Å². The van der Waals surface area contributed by atoms with Crippen molar-refractivity contribution >= 4 is 0 Å². The maximum absolute atomic E-state index is 13.2. The van der Waals surface area contributed by atoms with Gasteiger partial charge in [0.1, 0.15) is 0 Å². The van der Waals surface area contributed by atoms with Crippen molar-refractivity contribution in [3.63, 3.8) is 0 Å². The van der Waals surface area contributed by atoms with E-state index in [1.165, 1.54) is 5.69 Å². The summed E-state index contributed by atoms with van der Waals surface area (Å²) in [6.45, 7) is 4.00. The third-order valence-electron chi connectivity index (χ3n) is 6.37. The van der Waals surface area contributed by atoms with Crippen LogP contribution in [0.15, 0.2) is 53.3 Å². The molecule has 0 unspecified atom stereocenters. The Morgan fingerprint density at radius 3 is 2.44 bits per heavy atom. The first-order valence-electron chi connectivity index (χ1n) is 11.5. The topological polar surface area (TPSA) is 81.4 Å². The summed E-state index contributed by atoms with van der Waals surface area (Å²) in [4.78, 5) is 13.2. The summed E-state index contributed by atoms with van der Waals surface area (Å²) in [5.41, 5.74) is 6.70. The lowest BCUT2D eigenvalue weighted by molar-refractivity contribution is 0.345. The molecule has 0 saturated heterocycles. The fourth-order valence-electron chi connectivity index (χ4n) is 4.71. The van der Waals surface area contributed by atoms with Gasteiger partial charge in [0.25, 0.3) is 5.56 Å². The van der Waals surface area contributed by atoms with Crippen LogP contribution in [0.1, 0.15) is 49.4 Å². The van der Waals surface area contributed by atoms with Crippen LogP contribution in [-0.2, 0) is 25.9 Å². The molecule has 1 aliphatic heterocycles. The summed E-state index contributed by atoms with van der Waals surface area (Å²) in [5.74, 6) is 0.651. The van der Waals surface area contributed by atoms with Crippen molar-refractivity contribution in [3.05, 3.63) is 75.7 Å². The SMILES string of the molecule is CCCCc1c(Cc2ccc(-c3ccccc3-c3nnn[nH]3)cc2)c(=O)n2n1CCCC2. The monoisotopic (exact) mass is 428 g/mol. The van der Waals surface area contributed by atoms with Gasteiger partial charge in [-0.1, -0.05) is 61.9 Å². The van der Waals surface area contributed by atoms with E-state index in [1.54, 1.807) is 0 Å². The number of rotatable bonds is 7. The Hall–Kier alpha value is -3.48. The molecule has 1 N–H and O–H groups in total. The number of H-pyrrole nitrogens is 1. The Morgan fingerprint density at radius 1 is 0.969 bits per heavy atom. The van der Waals surface area contributed by atoms with Crippen LogP contribution in [0, 0.1) is 0 Å². The van der Waals surface area contributed by atoms with Gasteiger partial charge in [-0.25, -0.2) is 5.10 Å². The van der Waals surface area contributed by atoms with Crippen LogP contribution < -0.4 is 5.56 Å². The molecule has 7 nitrogen and oxygen atoms in total. The predicted octanol–water partition coefficient (Wildman–Crippen LogP) is 4.22. The van der Waals surface area contributed by atoms with Gasteiger partial charge in [-0.05, 0) is 52.8 Å². The van der Waals surface area contributed by atoms with Gasteiger partial charge in [0.05, 0.1) is 0 Å². The van der Waals surface area contributed by atoms with Gasteiger partial charge in [0.15, 0.2) is 5.82 Å². The number of hydrogen-bond acceptors (Lipinski definition) is 4. The number of nitrogens with one attached hydrogen (secondary N) is 1. The molecule has 0 radical (unpaired) electrons. The van der Waals surface area contributed by atoms with Crippen LogP contribution in [0.2, 0.25) is 0 Å². The van der Waals surface area contributed by atoms with E-state index in [2.05, 4.69) is 62.6 Å². The number of aromatic amines is 1. The summed E-state index contributed by atoms with van der Waals surface area (Å²) < 4.78 is 4.23. The first-order chi connectivity index (χ1) is 15.8. The molecule has 7 heteroatoms. The molecule has 3 heterocycles. The summed E-state index contributed by atoms with van der Waals surface area (Å²) in [7, 11) is 0. The molecule has 0 amide bonds. The standard InChI is InChI=1S/C25H28N6O/c1-2-3-10-23-22(25(32)31-16-7-6-15-30(23)31)17-18-11-13-19(14-12-18)20-8-4-5-9-21(20)24-26-28-29-27-24/h4-5,8-9,11-14H,2-3,6-7,10,15-17H2,1H3,(H,26,27,28,29). The third kappa shape index (κ3) is 3.79. The zero-order valence-electron chi connectivity index (χ0n) is 18.4. The van der Waals surface area contributed by atoms with Gasteiger partial charge in [0, 0.05) is 36.3 Å². The summed E-state index contributed by atoms with van der Waals surface area (Å²) in [6, 6.07) is 16.6. The Morgan fingerprint density at radius 2 is 1.72 bits per heavy atom. The normalized spacial score (nSPS) is 13.3. The van der Waals surface area contributed by atoms with E-state index in [9.17, 15) is 4.79 Å². The van der Waals surface area contributed by atoms with Crippen molar-refractivity contribution < 1.29 is 0 Å². The van der Waals surface area contributed by atoms with Gasteiger partial charge in [-0.3, -0.25) is 14.2 Å². The van der Waals surface area contributed by atoms with Crippen molar-refractivity contribution in [1.29, 1.82) is 0 Å². The third-order valence-corrected chi connectivity index (χ3v) is 6.37. The summed E-state index contributed by atoms with van der Waals surface area (Å²) in [5, 5.41) is 14.3. The van der Waals surface area contributed by atoms with Gasteiger partial charge < -0.3 is 0 Å². The maximum Gasteiger partial charge on any atom is 0.270 e. The number of aromatic nitrogens is 6. The van der Waals surface area contributed by atoms with Gasteiger partial charge in [0.2, 0.25) is 0 Å². The average molecular weight is 429 g/mol. The van der Waals surface area contributed by atoms with Crippen LogP contribution in [0.4, 0.5) is 0 Å². The molecular weight excluding hydrogens is 400 g/mol. The number of nitrogens with zero attached hydrogens (tertiary/aromatic N) is 5. The molecule has 5 rings (SSSR count). The molecule has 164 valence electrons. The van der Waals surface area contributed by atoms with Crippen LogP contribution in [0.3, 0.4) is 0 Å².